The fourth-order valence-electron chi connectivity index (χ4n) is 2.39. The molecular weight excluding hydrogens is 355 g/mol. The highest BCUT2D eigenvalue weighted by atomic mass is 32.2. The predicted octanol–water partition coefficient (Wildman–Crippen LogP) is 3.12. The summed E-state index contributed by atoms with van der Waals surface area (Å²) in [7, 11) is -2.10. The Kier molecular flexibility index (Phi) is 6.28. The molecule has 1 atom stereocenters. The van der Waals surface area contributed by atoms with Crippen LogP contribution in [0, 0.1) is 5.82 Å². The second-order valence-corrected chi connectivity index (χ2v) is 7.58. The first-order valence-corrected chi connectivity index (χ1v) is 9.48. The van der Waals surface area contributed by atoms with Crippen LogP contribution in [0.2, 0.25) is 0 Å². The molecule has 0 spiro atoms. The Labute approximate surface area is 153 Å². The van der Waals surface area contributed by atoms with Crippen LogP contribution >= 0.6 is 0 Å². The molecule has 138 valence electrons. The van der Waals surface area contributed by atoms with Gasteiger partial charge < -0.3 is 4.90 Å². The number of nitrogens with one attached hydrogen (secondary N) is 1. The zero-order chi connectivity index (χ0) is 19.3. The number of hydrogen-bond donors (Lipinski definition) is 1. The molecule has 0 bridgehead atoms. The van der Waals surface area contributed by atoms with Crippen LogP contribution in [0.4, 0.5) is 4.39 Å². The van der Waals surface area contributed by atoms with Gasteiger partial charge in [0.05, 0.1) is 10.9 Å². The van der Waals surface area contributed by atoms with Gasteiger partial charge in [-0.25, -0.2) is 17.5 Å². The van der Waals surface area contributed by atoms with Crippen LogP contribution in [0.1, 0.15) is 28.9 Å². The van der Waals surface area contributed by atoms with E-state index in [1.54, 1.807) is 25.2 Å². The largest absolute Gasteiger partial charge is 0.335 e. The number of halogens is 1. The highest BCUT2D eigenvalue weighted by Crippen LogP contribution is 2.22. The molecule has 7 heteroatoms. The van der Waals surface area contributed by atoms with Gasteiger partial charge in [0.15, 0.2) is 0 Å². The number of carbonyl (C=O) groups excluding carboxylic acids is 1. The summed E-state index contributed by atoms with van der Waals surface area (Å²) in [5.41, 5.74) is 1.03. The van der Waals surface area contributed by atoms with Gasteiger partial charge in [-0.1, -0.05) is 24.3 Å². The molecule has 1 unspecified atom stereocenters. The normalized spacial score (nSPS) is 12.4. The van der Waals surface area contributed by atoms with Crippen molar-refractivity contribution < 1.29 is 17.6 Å². The maximum atomic E-state index is 13.1. The van der Waals surface area contributed by atoms with E-state index < -0.39 is 10.0 Å². The second-order valence-electron chi connectivity index (χ2n) is 5.81. The summed E-state index contributed by atoms with van der Waals surface area (Å²) in [4.78, 5) is 14.2. The van der Waals surface area contributed by atoms with E-state index in [4.69, 9.17) is 0 Å². The Morgan fingerprint density at radius 3 is 2.54 bits per heavy atom. The smallest absolute Gasteiger partial charge is 0.254 e. The summed E-state index contributed by atoms with van der Waals surface area (Å²) in [6, 6.07) is 11.4. The van der Waals surface area contributed by atoms with Gasteiger partial charge in [0.1, 0.15) is 5.82 Å². The number of sulfonamides is 1. The summed E-state index contributed by atoms with van der Waals surface area (Å²) in [6.45, 7) is 5.38. The lowest BCUT2D eigenvalue weighted by Crippen LogP contribution is -2.30. The van der Waals surface area contributed by atoms with Crippen LogP contribution in [0.15, 0.2) is 66.1 Å². The average molecular weight is 376 g/mol. The van der Waals surface area contributed by atoms with E-state index in [1.807, 2.05) is 6.92 Å². The van der Waals surface area contributed by atoms with Crippen LogP contribution in [0.25, 0.3) is 0 Å². The summed E-state index contributed by atoms with van der Waals surface area (Å²) in [6.07, 6.45) is 1.44. The third kappa shape index (κ3) is 4.56. The van der Waals surface area contributed by atoms with Gasteiger partial charge >= 0.3 is 0 Å². The topological polar surface area (TPSA) is 66.5 Å². The van der Waals surface area contributed by atoms with Crippen LogP contribution in [-0.4, -0.2) is 32.8 Å². The molecule has 2 aromatic rings. The van der Waals surface area contributed by atoms with Crippen LogP contribution in [0.3, 0.4) is 0 Å². The van der Waals surface area contributed by atoms with E-state index in [1.165, 1.54) is 41.3 Å². The highest BCUT2D eigenvalue weighted by molar-refractivity contribution is 7.89. The van der Waals surface area contributed by atoms with E-state index in [9.17, 15) is 17.6 Å². The van der Waals surface area contributed by atoms with Crippen molar-refractivity contribution in [3.63, 3.8) is 0 Å². The minimum Gasteiger partial charge on any atom is -0.335 e. The Balaban J connectivity index is 2.24. The third-order valence-electron chi connectivity index (χ3n) is 4.06. The zero-order valence-corrected chi connectivity index (χ0v) is 15.5. The molecule has 0 saturated carbocycles. The van der Waals surface area contributed by atoms with Crippen LogP contribution in [0.5, 0.6) is 0 Å². The summed E-state index contributed by atoms with van der Waals surface area (Å²) in [5, 5.41) is 0. The summed E-state index contributed by atoms with van der Waals surface area (Å²) >= 11 is 0. The van der Waals surface area contributed by atoms with Crippen molar-refractivity contribution in [2.24, 2.45) is 0 Å². The Bertz CT molecular complexity index is 895. The van der Waals surface area contributed by atoms with E-state index in [-0.39, 0.29) is 34.8 Å². The molecule has 26 heavy (non-hydrogen) atoms. The molecule has 2 aromatic carbocycles. The molecule has 5 nitrogen and oxygen atoms in total. The molecular formula is C19H21FN2O3S. The number of nitrogens with zero attached hydrogens (tertiary/aromatic N) is 1. The number of rotatable bonds is 7. The summed E-state index contributed by atoms with van der Waals surface area (Å²) < 4.78 is 39.8. The molecule has 0 aromatic heterocycles. The van der Waals surface area contributed by atoms with Crippen molar-refractivity contribution >= 4 is 15.9 Å². The monoisotopic (exact) mass is 376 g/mol. The SMILES string of the molecule is C=CCNS(=O)(=O)c1cccc(C(=O)N(C)C(C)c2ccc(F)cc2)c1. The Morgan fingerprint density at radius 1 is 1.27 bits per heavy atom. The van der Waals surface area contributed by atoms with Gasteiger partial charge in [-0.15, -0.1) is 6.58 Å². The highest BCUT2D eigenvalue weighted by Gasteiger charge is 2.21. The Hall–Kier alpha value is -2.51. The zero-order valence-electron chi connectivity index (χ0n) is 14.6. The first-order chi connectivity index (χ1) is 12.3. The molecule has 0 fully saturated rings. The molecule has 0 aliphatic heterocycles. The average Bonchev–Trinajstić information content (AvgIpc) is 2.65. The van der Waals surface area contributed by atoms with E-state index >= 15 is 0 Å². The molecule has 0 saturated heterocycles. The molecule has 0 radical (unpaired) electrons. The van der Waals surface area contributed by atoms with Crippen LogP contribution in [-0.2, 0) is 10.0 Å². The number of amides is 1. The molecule has 0 heterocycles. The number of carbonyl (C=O) groups is 1. The lowest BCUT2D eigenvalue weighted by molar-refractivity contribution is 0.0742. The van der Waals surface area contributed by atoms with Gasteiger partial charge in [-0.05, 0) is 42.8 Å². The first kappa shape index (κ1) is 19.8. The maximum Gasteiger partial charge on any atom is 0.254 e. The molecule has 2 rings (SSSR count). The maximum absolute atomic E-state index is 13.1. The van der Waals surface area contributed by atoms with Gasteiger partial charge in [0.25, 0.3) is 5.91 Å². The molecule has 1 N–H and O–H groups in total. The van der Waals surface area contributed by atoms with E-state index in [0.29, 0.717) is 0 Å². The van der Waals surface area contributed by atoms with Gasteiger partial charge in [0, 0.05) is 19.2 Å². The lowest BCUT2D eigenvalue weighted by atomic mass is 10.1. The van der Waals surface area contributed by atoms with Gasteiger partial charge in [-0.2, -0.15) is 0 Å². The molecule has 0 aliphatic rings. The fraction of sp³-hybridized carbons (Fsp3) is 0.211. The third-order valence-corrected chi connectivity index (χ3v) is 5.48. The number of hydrogen-bond acceptors (Lipinski definition) is 3. The van der Waals surface area contributed by atoms with Crippen molar-refractivity contribution in [1.82, 2.24) is 9.62 Å². The first-order valence-electron chi connectivity index (χ1n) is 7.99. The van der Waals surface area contributed by atoms with Crippen molar-refractivity contribution in [1.29, 1.82) is 0 Å². The molecule has 0 aliphatic carbocycles. The van der Waals surface area contributed by atoms with Crippen LogP contribution < -0.4 is 4.72 Å². The summed E-state index contributed by atoms with van der Waals surface area (Å²) in [5.74, 6) is -0.678. The van der Waals surface area contributed by atoms with Crippen molar-refractivity contribution in [3.8, 4) is 0 Å². The lowest BCUT2D eigenvalue weighted by Gasteiger charge is -2.25. The van der Waals surface area contributed by atoms with E-state index in [0.717, 1.165) is 5.56 Å². The molecule has 1 amide bonds. The van der Waals surface area contributed by atoms with Gasteiger partial charge in [-0.3, -0.25) is 4.79 Å². The van der Waals surface area contributed by atoms with E-state index in [2.05, 4.69) is 11.3 Å². The minimum atomic E-state index is -3.71. The minimum absolute atomic E-state index is 0.00744. The standard InChI is InChI=1S/C19H21FN2O3S/c1-4-12-21-26(24,25)18-7-5-6-16(13-18)19(23)22(3)14(2)15-8-10-17(20)11-9-15/h4-11,13-14,21H,1,12H2,2-3H3. The fourth-order valence-corrected chi connectivity index (χ4v) is 3.44. The predicted molar refractivity (Wildman–Crippen MR) is 98.7 cm³/mol. The second kappa shape index (κ2) is 8.25. The van der Waals surface area contributed by atoms with Crippen molar-refractivity contribution in [2.75, 3.05) is 13.6 Å². The van der Waals surface area contributed by atoms with Gasteiger partial charge in [0.2, 0.25) is 10.0 Å². The number of benzene rings is 2. The Morgan fingerprint density at radius 2 is 1.92 bits per heavy atom. The van der Waals surface area contributed by atoms with Crippen molar-refractivity contribution in [3.05, 3.63) is 78.1 Å². The quantitative estimate of drug-likeness (QED) is 0.755. The van der Waals surface area contributed by atoms with Crippen molar-refractivity contribution in [2.45, 2.75) is 17.9 Å².